The van der Waals surface area contributed by atoms with Crippen molar-refractivity contribution in [2.45, 2.75) is 6.61 Å². The summed E-state index contributed by atoms with van der Waals surface area (Å²) in [7, 11) is -2.04. The van der Waals surface area contributed by atoms with Crippen LogP contribution in [0.2, 0.25) is 0 Å². The van der Waals surface area contributed by atoms with E-state index in [1.54, 1.807) is 30.5 Å². The van der Waals surface area contributed by atoms with Crippen LogP contribution in [0.1, 0.15) is 15.9 Å². The maximum Gasteiger partial charge on any atom is 0.264 e. The van der Waals surface area contributed by atoms with Crippen LogP contribution in [0.3, 0.4) is 0 Å². The molecule has 1 N–H and O–H groups in total. The zero-order valence-corrected chi connectivity index (χ0v) is 13.5. The molecule has 23 heavy (non-hydrogen) atoms. The van der Waals surface area contributed by atoms with Gasteiger partial charge in [-0.2, -0.15) is 0 Å². The maximum atomic E-state index is 11.7. The Hall–Kier alpha value is -2.61. The molecule has 0 radical (unpaired) electrons. The minimum Gasteiger partial charge on any atom is -0.487 e. The zero-order valence-electron chi connectivity index (χ0n) is 12.6. The second kappa shape index (κ2) is 7.10. The first-order valence-electron chi connectivity index (χ1n) is 6.61. The number of nitrogens with zero attached hydrogens (tertiary/aromatic N) is 1. The van der Waals surface area contributed by atoms with Crippen molar-refractivity contribution in [3.05, 3.63) is 53.7 Å². The van der Waals surface area contributed by atoms with Crippen LogP contribution < -0.4 is 14.2 Å². The molecule has 0 saturated heterocycles. The standard InChI is InChI=1S/C15H16N2O5S/c1-21-14-8-7-13(9-16-14)22-10-11-3-5-12(6-4-11)15(18)17-23(2,19)20/h3-9H,10H2,1-2H3,(H,17,18). The first-order valence-corrected chi connectivity index (χ1v) is 8.50. The normalized spacial score (nSPS) is 10.9. The van der Waals surface area contributed by atoms with Crippen molar-refractivity contribution in [2.75, 3.05) is 13.4 Å². The van der Waals surface area contributed by atoms with Gasteiger partial charge in [-0.1, -0.05) is 12.1 Å². The third kappa shape index (κ3) is 5.26. The smallest absolute Gasteiger partial charge is 0.264 e. The van der Waals surface area contributed by atoms with Crippen LogP contribution in [0.25, 0.3) is 0 Å². The third-order valence-electron chi connectivity index (χ3n) is 2.82. The quantitative estimate of drug-likeness (QED) is 0.856. The third-order valence-corrected chi connectivity index (χ3v) is 3.37. The average Bonchev–Trinajstić information content (AvgIpc) is 2.52. The molecule has 0 bridgehead atoms. The van der Waals surface area contributed by atoms with Crippen molar-refractivity contribution in [3.8, 4) is 11.6 Å². The van der Waals surface area contributed by atoms with E-state index in [2.05, 4.69) is 4.98 Å². The summed E-state index contributed by atoms with van der Waals surface area (Å²) in [5.74, 6) is 0.419. The van der Waals surface area contributed by atoms with E-state index in [4.69, 9.17) is 9.47 Å². The minimum atomic E-state index is -3.58. The van der Waals surface area contributed by atoms with Gasteiger partial charge in [-0.25, -0.2) is 18.1 Å². The van der Waals surface area contributed by atoms with Gasteiger partial charge in [0, 0.05) is 11.6 Å². The molecule has 0 aliphatic carbocycles. The number of carbonyl (C=O) groups excluding carboxylic acids is 1. The molecule has 7 nitrogen and oxygen atoms in total. The Bertz CT molecular complexity index is 771. The summed E-state index contributed by atoms with van der Waals surface area (Å²) in [6.07, 6.45) is 2.47. The van der Waals surface area contributed by atoms with Crippen LogP contribution in [-0.2, 0) is 16.6 Å². The van der Waals surface area contributed by atoms with Crippen LogP contribution in [0.5, 0.6) is 11.6 Å². The molecule has 0 fully saturated rings. The first-order chi connectivity index (χ1) is 10.9. The Kier molecular flexibility index (Phi) is 5.17. The van der Waals surface area contributed by atoms with E-state index in [-0.39, 0.29) is 5.56 Å². The fourth-order valence-corrected chi connectivity index (χ4v) is 2.17. The minimum absolute atomic E-state index is 0.255. The second-order valence-corrected chi connectivity index (χ2v) is 6.47. The van der Waals surface area contributed by atoms with Crippen molar-refractivity contribution in [1.82, 2.24) is 9.71 Å². The van der Waals surface area contributed by atoms with Crippen LogP contribution >= 0.6 is 0 Å². The molecule has 1 aromatic heterocycles. The van der Waals surface area contributed by atoms with Crippen LogP contribution in [0.15, 0.2) is 42.6 Å². The Morgan fingerprint density at radius 2 is 1.87 bits per heavy atom. The molecule has 0 spiro atoms. The molecule has 8 heteroatoms. The Morgan fingerprint density at radius 1 is 1.17 bits per heavy atom. The molecular weight excluding hydrogens is 320 g/mol. The number of ether oxygens (including phenoxy) is 2. The van der Waals surface area contributed by atoms with Crippen molar-refractivity contribution >= 4 is 15.9 Å². The highest BCUT2D eigenvalue weighted by Gasteiger charge is 2.10. The molecule has 2 aromatic rings. The average molecular weight is 336 g/mol. The molecule has 0 aliphatic rings. The van der Waals surface area contributed by atoms with Crippen molar-refractivity contribution < 1.29 is 22.7 Å². The summed E-state index contributed by atoms with van der Waals surface area (Å²) in [6.45, 7) is 0.294. The monoisotopic (exact) mass is 336 g/mol. The molecule has 122 valence electrons. The van der Waals surface area contributed by atoms with Gasteiger partial charge in [0.2, 0.25) is 15.9 Å². The number of aromatic nitrogens is 1. The summed E-state index contributed by atoms with van der Waals surface area (Å²) in [5, 5.41) is 0. The maximum absolute atomic E-state index is 11.7. The number of pyridine rings is 1. The Morgan fingerprint density at radius 3 is 2.39 bits per heavy atom. The van der Waals surface area contributed by atoms with Gasteiger partial charge in [-0.05, 0) is 23.8 Å². The lowest BCUT2D eigenvalue weighted by molar-refractivity contribution is 0.0981. The van der Waals surface area contributed by atoms with Gasteiger partial charge in [0.15, 0.2) is 0 Å². The summed E-state index contributed by atoms with van der Waals surface area (Å²) in [5.41, 5.74) is 1.09. The number of amides is 1. The van der Waals surface area contributed by atoms with Crippen molar-refractivity contribution in [3.63, 3.8) is 0 Å². The molecule has 0 atom stereocenters. The van der Waals surface area contributed by atoms with Crippen LogP contribution in [0, 0.1) is 0 Å². The second-order valence-electron chi connectivity index (χ2n) is 4.73. The van der Waals surface area contributed by atoms with Gasteiger partial charge in [-0.3, -0.25) is 4.79 Å². The number of carbonyl (C=O) groups is 1. The zero-order chi connectivity index (χ0) is 16.9. The molecule has 0 unspecified atom stereocenters. The molecular formula is C15H16N2O5S. The molecule has 1 aromatic carbocycles. The SMILES string of the molecule is COc1ccc(OCc2ccc(C(=O)NS(C)(=O)=O)cc2)cn1. The summed E-state index contributed by atoms with van der Waals surface area (Å²) in [4.78, 5) is 15.7. The predicted octanol–water partition coefficient (Wildman–Crippen LogP) is 1.36. The predicted molar refractivity (Wildman–Crippen MR) is 83.9 cm³/mol. The lowest BCUT2D eigenvalue weighted by Crippen LogP contribution is -2.29. The van der Waals surface area contributed by atoms with Crippen molar-refractivity contribution in [2.24, 2.45) is 0 Å². The van der Waals surface area contributed by atoms with Crippen LogP contribution in [-0.4, -0.2) is 32.7 Å². The van der Waals surface area contributed by atoms with E-state index >= 15 is 0 Å². The van der Waals surface area contributed by atoms with E-state index in [1.165, 1.54) is 19.2 Å². The number of methoxy groups -OCH3 is 1. The topological polar surface area (TPSA) is 94.6 Å². The Labute approximate surface area is 134 Å². The number of sulfonamides is 1. The fraction of sp³-hybridized carbons (Fsp3) is 0.200. The molecule has 1 heterocycles. The highest BCUT2D eigenvalue weighted by Crippen LogP contribution is 2.15. The van der Waals surface area contributed by atoms with Gasteiger partial charge in [0.25, 0.3) is 5.91 Å². The van der Waals surface area contributed by atoms with Gasteiger partial charge < -0.3 is 9.47 Å². The molecule has 2 rings (SSSR count). The number of benzene rings is 1. The number of nitrogens with one attached hydrogen (secondary N) is 1. The summed E-state index contributed by atoms with van der Waals surface area (Å²) < 4.78 is 34.5. The number of hydrogen-bond donors (Lipinski definition) is 1. The first kappa shape index (κ1) is 16.8. The van der Waals surface area contributed by atoms with Gasteiger partial charge in [0.1, 0.15) is 12.4 Å². The molecule has 0 saturated carbocycles. The van der Waals surface area contributed by atoms with Gasteiger partial charge in [0.05, 0.1) is 19.6 Å². The fourth-order valence-electron chi connectivity index (χ4n) is 1.72. The van der Waals surface area contributed by atoms with E-state index in [9.17, 15) is 13.2 Å². The molecule has 0 aliphatic heterocycles. The highest BCUT2D eigenvalue weighted by molar-refractivity contribution is 7.89. The van der Waals surface area contributed by atoms with Crippen molar-refractivity contribution in [1.29, 1.82) is 0 Å². The largest absolute Gasteiger partial charge is 0.487 e. The van der Waals surface area contributed by atoms with E-state index < -0.39 is 15.9 Å². The van der Waals surface area contributed by atoms with Gasteiger partial charge >= 0.3 is 0 Å². The lowest BCUT2D eigenvalue weighted by Gasteiger charge is -2.07. The lowest BCUT2D eigenvalue weighted by atomic mass is 10.1. The highest BCUT2D eigenvalue weighted by atomic mass is 32.2. The van der Waals surface area contributed by atoms with E-state index in [0.717, 1.165) is 11.8 Å². The van der Waals surface area contributed by atoms with E-state index in [0.29, 0.717) is 18.2 Å². The van der Waals surface area contributed by atoms with E-state index in [1.807, 2.05) is 4.72 Å². The summed E-state index contributed by atoms with van der Waals surface area (Å²) in [6, 6.07) is 9.87. The summed E-state index contributed by atoms with van der Waals surface area (Å²) >= 11 is 0. The number of rotatable bonds is 6. The van der Waals surface area contributed by atoms with Gasteiger partial charge in [-0.15, -0.1) is 0 Å². The van der Waals surface area contributed by atoms with Crippen LogP contribution in [0.4, 0.5) is 0 Å². The Balaban J connectivity index is 1.95. The molecule has 1 amide bonds. The number of hydrogen-bond acceptors (Lipinski definition) is 6.